The van der Waals surface area contributed by atoms with Crippen LogP contribution in [0.3, 0.4) is 0 Å². The summed E-state index contributed by atoms with van der Waals surface area (Å²) in [6, 6.07) is 0. The first-order valence-corrected chi connectivity index (χ1v) is 5.61. The Balaban J connectivity index is 0.000000531. The summed E-state index contributed by atoms with van der Waals surface area (Å²) >= 11 is 0. The van der Waals surface area contributed by atoms with Crippen molar-refractivity contribution in [2.45, 2.75) is 39.5 Å². The van der Waals surface area contributed by atoms with E-state index in [0.717, 1.165) is 18.4 Å². The molecule has 2 aliphatic carbocycles. The molecule has 0 atom stereocenters. The van der Waals surface area contributed by atoms with Crippen molar-refractivity contribution in [3.05, 3.63) is 35.1 Å². The molecule has 0 aromatic rings. The van der Waals surface area contributed by atoms with Crippen LogP contribution < -0.4 is 0 Å². The Labute approximate surface area is 91.0 Å². The molecule has 2 aliphatic rings. The zero-order valence-electron chi connectivity index (χ0n) is 9.42. The molecule has 0 radical (unpaired) electrons. The van der Waals surface area contributed by atoms with Crippen molar-refractivity contribution in [3.63, 3.8) is 0 Å². The fraction of sp³-hybridized carbons (Fsp3) is 0.462. The van der Waals surface area contributed by atoms with Gasteiger partial charge in [-0.05, 0) is 18.4 Å². The third-order valence-corrected chi connectivity index (χ3v) is 2.44. The van der Waals surface area contributed by atoms with Crippen molar-refractivity contribution in [2.24, 2.45) is 0 Å². The monoisotopic (exact) mass is 206 g/mol. The molecule has 1 N–H and O–H groups in total. The average molecular weight is 206 g/mol. The Kier molecular flexibility index (Phi) is 4.35. The molecule has 82 valence electrons. The maximum absolute atomic E-state index is 11.4. The molecule has 0 bridgehead atoms. The van der Waals surface area contributed by atoms with E-state index < -0.39 is 0 Å². The van der Waals surface area contributed by atoms with Crippen LogP contribution in [0.4, 0.5) is 0 Å². The average Bonchev–Trinajstić information content (AvgIpc) is 2.63. The summed E-state index contributed by atoms with van der Waals surface area (Å²) in [6.45, 7) is 4.00. The van der Waals surface area contributed by atoms with E-state index in [2.05, 4.69) is 0 Å². The summed E-state index contributed by atoms with van der Waals surface area (Å²) in [5.41, 5.74) is 1.46. The Morgan fingerprint density at radius 3 is 2.40 bits per heavy atom. The summed E-state index contributed by atoms with van der Waals surface area (Å²) in [6.07, 6.45) is 8.97. The fourth-order valence-corrected chi connectivity index (χ4v) is 1.77. The van der Waals surface area contributed by atoms with Gasteiger partial charge in [0.2, 0.25) is 0 Å². The molecule has 0 amide bonds. The Morgan fingerprint density at radius 1 is 1.20 bits per heavy atom. The first-order chi connectivity index (χ1) is 7.29. The molecule has 0 saturated heterocycles. The number of hydrogen-bond donors (Lipinski definition) is 1. The molecule has 15 heavy (non-hydrogen) atoms. The third-order valence-electron chi connectivity index (χ3n) is 2.44. The number of hydrogen-bond acceptors (Lipinski definition) is 2. The number of carbonyl (C=O) groups excluding carboxylic acids is 1. The minimum Gasteiger partial charge on any atom is -0.512 e. The minimum absolute atomic E-state index is 0.0790. The number of allylic oxidation sites excluding steroid dienone is 6. The molecule has 0 unspecified atom stereocenters. The zero-order chi connectivity index (χ0) is 11.3. The summed E-state index contributed by atoms with van der Waals surface area (Å²) in [5.74, 6) is 0.345. The highest BCUT2D eigenvalue weighted by Crippen LogP contribution is 2.29. The number of Topliss-reactive ketones (excluding diaryl/α,β-unsaturated/α-hetero) is 1. The third kappa shape index (κ3) is 2.58. The molecular weight excluding hydrogens is 188 g/mol. The molecule has 0 aliphatic heterocycles. The first kappa shape index (κ1) is 11.8. The summed E-state index contributed by atoms with van der Waals surface area (Å²) in [5, 5.41) is 9.50. The predicted molar refractivity (Wildman–Crippen MR) is 61.7 cm³/mol. The van der Waals surface area contributed by atoms with Gasteiger partial charge in [-0.1, -0.05) is 32.1 Å². The van der Waals surface area contributed by atoms with Crippen molar-refractivity contribution >= 4 is 5.78 Å². The predicted octanol–water partition coefficient (Wildman–Crippen LogP) is 3.46. The van der Waals surface area contributed by atoms with Gasteiger partial charge in [0.25, 0.3) is 0 Å². The second kappa shape index (κ2) is 5.54. The van der Waals surface area contributed by atoms with Gasteiger partial charge in [-0.25, -0.2) is 0 Å². The first-order valence-electron chi connectivity index (χ1n) is 5.61. The van der Waals surface area contributed by atoms with Gasteiger partial charge >= 0.3 is 0 Å². The highest BCUT2D eigenvalue weighted by Gasteiger charge is 2.24. The molecule has 0 heterocycles. The maximum atomic E-state index is 11.4. The normalized spacial score (nSPS) is 19.9. The van der Waals surface area contributed by atoms with E-state index in [-0.39, 0.29) is 11.5 Å². The lowest BCUT2D eigenvalue weighted by atomic mass is 9.98. The van der Waals surface area contributed by atoms with Crippen LogP contribution in [0.5, 0.6) is 0 Å². The van der Waals surface area contributed by atoms with E-state index >= 15 is 0 Å². The van der Waals surface area contributed by atoms with E-state index in [4.69, 9.17) is 0 Å². The van der Waals surface area contributed by atoms with Gasteiger partial charge in [0.1, 0.15) is 5.76 Å². The zero-order valence-corrected chi connectivity index (χ0v) is 9.42. The summed E-state index contributed by atoms with van der Waals surface area (Å²) in [4.78, 5) is 11.4. The lowest BCUT2D eigenvalue weighted by molar-refractivity contribution is -0.114. The van der Waals surface area contributed by atoms with Crippen LogP contribution in [0.1, 0.15) is 39.5 Å². The van der Waals surface area contributed by atoms with Crippen LogP contribution in [-0.2, 0) is 4.79 Å². The maximum Gasteiger partial charge on any atom is 0.167 e. The summed E-state index contributed by atoms with van der Waals surface area (Å²) in [7, 11) is 0. The van der Waals surface area contributed by atoms with E-state index in [1.165, 1.54) is 0 Å². The van der Waals surface area contributed by atoms with E-state index in [1.807, 2.05) is 32.1 Å². The van der Waals surface area contributed by atoms with Gasteiger partial charge < -0.3 is 5.11 Å². The summed E-state index contributed by atoms with van der Waals surface area (Å²) < 4.78 is 0. The molecule has 2 heteroatoms. The van der Waals surface area contributed by atoms with Crippen LogP contribution in [0.25, 0.3) is 0 Å². The Morgan fingerprint density at radius 2 is 1.93 bits per heavy atom. The van der Waals surface area contributed by atoms with E-state index in [9.17, 15) is 9.90 Å². The van der Waals surface area contributed by atoms with Crippen LogP contribution in [0.15, 0.2) is 35.1 Å². The number of aliphatic hydroxyl groups is 1. The second-order valence-corrected chi connectivity index (χ2v) is 3.38. The van der Waals surface area contributed by atoms with Gasteiger partial charge in [-0.3, -0.25) is 4.79 Å². The van der Waals surface area contributed by atoms with Gasteiger partial charge in [0.05, 0.1) is 5.57 Å². The van der Waals surface area contributed by atoms with Crippen LogP contribution in [0.2, 0.25) is 0 Å². The highest BCUT2D eigenvalue weighted by molar-refractivity contribution is 6.03. The van der Waals surface area contributed by atoms with E-state index in [1.54, 1.807) is 0 Å². The molecule has 2 rings (SSSR count). The molecule has 2 nitrogen and oxygen atoms in total. The lowest BCUT2D eigenvalue weighted by Crippen LogP contribution is -2.00. The van der Waals surface area contributed by atoms with Crippen molar-refractivity contribution in [1.82, 2.24) is 0 Å². The van der Waals surface area contributed by atoms with Gasteiger partial charge in [-0.15, -0.1) is 0 Å². The topological polar surface area (TPSA) is 37.3 Å². The van der Waals surface area contributed by atoms with Crippen molar-refractivity contribution in [2.75, 3.05) is 0 Å². The molecule has 0 aromatic heterocycles. The highest BCUT2D eigenvalue weighted by atomic mass is 16.3. The van der Waals surface area contributed by atoms with Gasteiger partial charge in [0.15, 0.2) is 5.78 Å². The molecular formula is C13H18O2. The Bertz CT molecular complexity index is 332. The van der Waals surface area contributed by atoms with Crippen LogP contribution in [0, 0.1) is 0 Å². The molecule has 0 aromatic carbocycles. The molecule has 0 fully saturated rings. The number of carbonyl (C=O) groups is 1. The van der Waals surface area contributed by atoms with Crippen molar-refractivity contribution in [3.8, 4) is 0 Å². The minimum atomic E-state index is 0.0790. The largest absolute Gasteiger partial charge is 0.512 e. The number of ketones is 1. The standard InChI is InChI=1S/C11H12O2.C2H6/c12-9-6-7-10(13)11(9)8-4-2-1-3-5-8;1-2/h2,4-5,12H,1,3,6-7H2;1-2H3. The van der Waals surface area contributed by atoms with Gasteiger partial charge in [-0.2, -0.15) is 0 Å². The molecule has 0 spiro atoms. The smallest absolute Gasteiger partial charge is 0.167 e. The lowest BCUT2D eigenvalue weighted by Gasteiger charge is -2.06. The van der Waals surface area contributed by atoms with Crippen molar-refractivity contribution in [1.29, 1.82) is 0 Å². The fourth-order valence-electron chi connectivity index (χ4n) is 1.77. The SMILES string of the molecule is CC.O=C1CCC(O)=C1C1=CCCC=C1. The number of rotatable bonds is 1. The van der Waals surface area contributed by atoms with Crippen LogP contribution in [-0.4, -0.2) is 10.9 Å². The second-order valence-electron chi connectivity index (χ2n) is 3.38. The van der Waals surface area contributed by atoms with Crippen LogP contribution >= 0.6 is 0 Å². The van der Waals surface area contributed by atoms with Gasteiger partial charge in [0, 0.05) is 12.8 Å². The Hall–Kier alpha value is -1.31. The molecule has 0 saturated carbocycles. The van der Waals surface area contributed by atoms with Crippen molar-refractivity contribution < 1.29 is 9.90 Å². The number of aliphatic hydroxyl groups excluding tert-OH is 1. The quantitative estimate of drug-likeness (QED) is 0.713. The van der Waals surface area contributed by atoms with E-state index in [0.29, 0.717) is 18.4 Å².